The number of nitrogens with zero attached hydrogens (tertiary/aromatic N) is 2. The van der Waals surface area contributed by atoms with Crippen molar-refractivity contribution in [2.45, 2.75) is 33.1 Å². The summed E-state index contributed by atoms with van der Waals surface area (Å²) in [7, 11) is 0. The van der Waals surface area contributed by atoms with E-state index in [1.165, 1.54) is 10.5 Å². The Hall–Kier alpha value is -1.68. The molecule has 4 heteroatoms. The number of amides is 2. The normalized spacial score (nSPS) is 16.6. The first-order valence-electron chi connectivity index (χ1n) is 8.23. The lowest BCUT2D eigenvalue weighted by molar-refractivity contribution is -0.150. The van der Waals surface area contributed by atoms with Crippen LogP contribution < -0.4 is 0 Å². The highest BCUT2D eigenvalue weighted by Gasteiger charge is 2.32. The summed E-state index contributed by atoms with van der Waals surface area (Å²) in [5.74, 6) is 0.126. The Balaban J connectivity index is 1.89. The molecule has 4 nitrogen and oxygen atoms in total. The van der Waals surface area contributed by atoms with E-state index < -0.39 is 0 Å². The number of imide groups is 1. The van der Waals surface area contributed by atoms with E-state index in [2.05, 4.69) is 30.9 Å². The van der Waals surface area contributed by atoms with Gasteiger partial charge < -0.3 is 4.90 Å². The van der Waals surface area contributed by atoms with Gasteiger partial charge in [-0.1, -0.05) is 44.2 Å². The Morgan fingerprint density at radius 3 is 2.18 bits per heavy atom. The lowest BCUT2D eigenvalue weighted by atomic mass is 9.89. The Labute approximate surface area is 133 Å². The standard InChI is InChI=1S/C18H26N2O2/c1-3-19(4-2)10-11-20-17(21)13-16(14-18(20)22)12-15-8-6-5-7-9-15/h5-9,16H,3-4,10-14H2,1-2H3. The highest BCUT2D eigenvalue weighted by molar-refractivity contribution is 5.97. The van der Waals surface area contributed by atoms with Gasteiger partial charge in [-0.2, -0.15) is 0 Å². The third kappa shape index (κ3) is 4.41. The first kappa shape index (κ1) is 16.7. The number of carbonyl (C=O) groups is 2. The fraction of sp³-hybridized carbons (Fsp3) is 0.556. The second-order valence-electron chi connectivity index (χ2n) is 5.93. The van der Waals surface area contributed by atoms with E-state index in [0.29, 0.717) is 19.4 Å². The van der Waals surface area contributed by atoms with Crippen LogP contribution in [-0.4, -0.2) is 47.8 Å². The maximum Gasteiger partial charge on any atom is 0.229 e. The summed E-state index contributed by atoms with van der Waals surface area (Å²) in [5, 5.41) is 0. The number of hydrogen-bond acceptors (Lipinski definition) is 3. The largest absolute Gasteiger partial charge is 0.302 e. The molecule has 2 amide bonds. The Morgan fingerprint density at radius 2 is 1.64 bits per heavy atom. The molecule has 22 heavy (non-hydrogen) atoms. The molecule has 0 aromatic heterocycles. The van der Waals surface area contributed by atoms with Gasteiger partial charge in [-0.25, -0.2) is 0 Å². The number of likely N-dealkylation sites (tertiary alicyclic amines) is 1. The number of piperidine rings is 1. The number of carbonyl (C=O) groups excluding carboxylic acids is 2. The zero-order valence-corrected chi connectivity index (χ0v) is 13.6. The van der Waals surface area contributed by atoms with E-state index in [-0.39, 0.29) is 17.7 Å². The van der Waals surface area contributed by atoms with Gasteiger partial charge in [-0.3, -0.25) is 14.5 Å². The molecule has 0 atom stereocenters. The van der Waals surface area contributed by atoms with Crippen molar-refractivity contribution < 1.29 is 9.59 Å². The molecule has 0 radical (unpaired) electrons. The summed E-state index contributed by atoms with van der Waals surface area (Å²) in [6.45, 7) is 7.39. The van der Waals surface area contributed by atoms with Crippen molar-refractivity contribution in [3.63, 3.8) is 0 Å². The van der Waals surface area contributed by atoms with Gasteiger partial charge >= 0.3 is 0 Å². The Kier molecular flexibility index (Phi) is 6.13. The van der Waals surface area contributed by atoms with Crippen LogP contribution in [0, 0.1) is 5.92 Å². The van der Waals surface area contributed by atoms with Gasteiger partial charge in [0, 0.05) is 25.9 Å². The molecule has 0 aliphatic carbocycles. The van der Waals surface area contributed by atoms with Crippen LogP contribution >= 0.6 is 0 Å². The summed E-state index contributed by atoms with van der Waals surface area (Å²) in [5.41, 5.74) is 1.20. The molecule has 1 fully saturated rings. The van der Waals surface area contributed by atoms with Crippen molar-refractivity contribution >= 4 is 11.8 Å². The zero-order valence-electron chi connectivity index (χ0n) is 13.6. The average molecular weight is 302 g/mol. The van der Waals surface area contributed by atoms with Crippen molar-refractivity contribution in [2.75, 3.05) is 26.2 Å². The van der Waals surface area contributed by atoms with Crippen LogP contribution in [-0.2, 0) is 16.0 Å². The summed E-state index contributed by atoms with van der Waals surface area (Å²) < 4.78 is 0. The summed E-state index contributed by atoms with van der Waals surface area (Å²) in [6.07, 6.45) is 1.78. The van der Waals surface area contributed by atoms with Crippen LogP contribution in [0.25, 0.3) is 0 Å². The second-order valence-corrected chi connectivity index (χ2v) is 5.93. The van der Waals surface area contributed by atoms with Crippen molar-refractivity contribution in [3.8, 4) is 0 Å². The summed E-state index contributed by atoms with van der Waals surface area (Å²) in [4.78, 5) is 28.3. The minimum atomic E-state index is -0.00987. The van der Waals surface area contributed by atoms with E-state index in [1.54, 1.807) is 0 Å². The molecule has 0 unspecified atom stereocenters. The lowest BCUT2D eigenvalue weighted by Gasteiger charge is -2.31. The molecule has 2 rings (SSSR count). The molecule has 1 heterocycles. The quantitative estimate of drug-likeness (QED) is 0.726. The van der Waals surface area contributed by atoms with Crippen LogP contribution in [0.15, 0.2) is 30.3 Å². The molecule has 0 saturated carbocycles. The maximum atomic E-state index is 12.3. The van der Waals surface area contributed by atoms with Crippen LogP contribution in [0.2, 0.25) is 0 Å². The SMILES string of the molecule is CCN(CC)CCN1C(=O)CC(Cc2ccccc2)CC1=O. The molecular formula is C18H26N2O2. The smallest absolute Gasteiger partial charge is 0.229 e. The van der Waals surface area contributed by atoms with Crippen LogP contribution in [0.4, 0.5) is 0 Å². The van der Waals surface area contributed by atoms with Crippen molar-refractivity contribution in [1.29, 1.82) is 0 Å². The number of likely N-dealkylation sites (N-methyl/N-ethyl adjacent to an activating group) is 1. The first-order valence-corrected chi connectivity index (χ1v) is 8.23. The van der Waals surface area contributed by atoms with Crippen LogP contribution in [0.3, 0.4) is 0 Å². The van der Waals surface area contributed by atoms with E-state index in [1.807, 2.05) is 18.2 Å². The van der Waals surface area contributed by atoms with Gasteiger partial charge in [0.1, 0.15) is 0 Å². The molecular weight excluding hydrogens is 276 g/mol. The first-order chi connectivity index (χ1) is 10.6. The minimum Gasteiger partial charge on any atom is -0.302 e. The van der Waals surface area contributed by atoms with Gasteiger partial charge in [0.15, 0.2) is 0 Å². The number of rotatable bonds is 7. The molecule has 0 bridgehead atoms. The van der Waals surface area contributed by atoms with Gasteiger partial charge in [0.25, 0.3) is 0 Å². The van der Waals surface area contributed by atoms with Crippen LogP contribution in [0.1, 0.15) is 32.3 Å². The maximum absolute atomic E-state index is 12.3. The lowest BCUT2D eigenvalue weighted by Crippen LogP contribution is -2.47. The van der Waals surface area contributed by atoms with E-state index >= 15 is 0 Å². The fourth-order valence-corrected chi connectivity index (χ4v) is 3.05. The van der Waals surface area contributed by atoms with Crippen molar-refractivity contribution in [3.05, 3.63) is 35.9 Å². The predicted molar refractivity (Wildman–Crippen MR) is 87.4 cm³/mol. The Bertz CT molecular complexity index is 479. The predicted octanol–water partition coefficient (Wildman–Crippen LogP) is 2.34. The van der Waals surface area contributed by atoms with Gasteiger partial charge in [0.05, 0.1) is 0 Å². The zero-order chi connectivity index (χ0) is 15.9. The molecule has 1 aromatic carbocycles. The van der Waals surface area contributed by atoms with Crippen molar-refractivity contribution in [2.24, 2.45) is 5.92 Å². The van der Waals surface area contributed by atoms with E-state index in [0.717, 1.165) is 26.1 Å². The van der Waals surface area contributed by atoms with Gasteiger partial charge in [0.2, 0.25) is 11.8 Å². The van der Waals surface area contributed by atoms with Gasteiger partial charge in [-0.15, -0.1) is 0 Å². The second kappa shape index (κ2) is 8.08. The highest BCUT2D eigenvalue weighted by atomic mass is 16.2. The summed E-state index contributed by atoms with van der Waals surface area (Å²) >= 11 is 0. The summed E-state index contributed by atoms with van der Waals surface area (Å²) in [6, 6.07) is 10.1. The fourth-order valence-electron chi connectivity index (χ4n) is 3.05. The van der Waals surface area contributed by atoms with E-state index in [9.17, 15) is 9.59 Å². The number of hydrogen-bond donors (Lipinski definition) is 0. The topological polar surface area (TPSA) is 40.6 Å². The molecule has 0 spiro atoms. The average Bonchev–Trinajstić information content (AvgIpc) is 2.51. The third-order valence-corrected chi connectivity index (χ3v) is 4.43. The van der Waals surface area contributed by atoms with Crippen molar-refractivity contribution in [1.82, 2.24) is 9.80 Å². The third-order valence-electron chi connectivity index (χ3n) is 4.43. The molecule has 1 saturated heterocycles. The number of benzene rings is 1. The van der Waals surface area contributed by atoms with Gasteiger partial charge in [-0.05, 0) is 31.0 Å². The van der Waals surface area contributed by atoms with E-state index in [4.69, 9.17) is 0 Å². The minimum absolute atomic E-state index is 0.00987. The molecule has 1 aromatic rings. The molecule has 120 valence electrons. The monoisotopic (exact) mass is 302 g/mol. The molecule has 1 aliphatic rings. The Morgan fingerprint density at radius 1 is 1.05 bits per heavy atom. The molecule has 1 aliphatic heterocycles. The highest BCUT2D eigenvalue weighted by Crippen LogP contribution is 2.23. The van der Waals surface area contributed by atoms with Crippen LogP contribution in [0.5, 0.6) is 0 Å². The molecule has 0 N–H and O–H groups in total.